The second-order valence-electron chi connectivity index (χ2n) is 9.55. The van der Waals surface area contributed by atoms with E-state index in [1.807, 2.05) is 4.90 Å². The fraction of sp³-hybridized carbons (Fsp3) is 0.393. The van der Waals surface area contributed by atoms with E-state index in [4.69, 9.17) is 30.5 Å². The second-order valence-corrected chi connectivity index (χ2v) is 10.8. The molecule has 0 aliphatic carbocycles. The van der Waals surface area contributed by atoms with Gasteiger partial charge in [0.2, 0.25) is 5.76 Å². The van der Waals surface area contributed by atoms with Gasteiger partial charge in [0.1, 0.15) is 6.04 Å². The SMILES string of the molecule is CCOC(=O)C1=C(C2CCN(c3nc(C)c(C(=O)OCC)o3)CC2)NC(c2nccs2)=NC1c1ccc(F)c(F)c1Cl. The van der Waals surface area contributed by atoms with Crippen LogP contribution in [-0.2, 0) is 14.3 Å². The fourth-order valence-corrected chi connectivity index (χ4v) is 5.85. The Morgan fingerprint density at radius 3 is 2.55 bits per heavy atom. The quantitative estimate of drug-likeness (QED) is 0.262. The molecule has 2 aliphatic heterocycles. The zero-order valence-corrected chi connectivity index (χ0v) is 24.7. The molecule has 1 fully saturated rings. The number of benzene rings is 1. The molecule has 1 N–H and O–H groups in total. The Hall–Kier alpha value is -3.84. The van der Waals surface area contributed by atoms with Crippen molar-refractivity contribution >= 4 is 46.7 Å². The van der Waals surface area contributed by atoms with Gasteiger partial charge in [-0.05, 0) is 39.7 Å². The molecule has 1 aromatic carbocycles. The molecule has 2 aromatic heterocycles. The number of piperidine rings is 1. The number of hydrogen-bond donors (Lipinski definition) is 1. The van der Waals surface area contributed by atoms with Crippen LogP contribution in [0, 0.1) is 24.5 Å². The van der Waals surface area contributed by atoms with Crippen LogP contribution >= 0.6 is 22.9 Å². The normalized spacial score (nSPS) is 17.6. The fourth-order valence-electron chi connectivity index (χ4n) is 5.01. The van der Waals surface area contributed by atoms with Gasteiger partial charge in [-0.3, -0.25) is 4.99 Å². The van der Waals surface area contributed by atoms with Crippen LogP contribution in [-0.4, -0.2) is 54.0 Å². The highest BCUT2D eigenvalue weighted by molar-refractivity contribution is 7.11. The summed E-state index contributed by atoms with van der Waals surface area (Å²) in [4.78, 5) is 41.0. The number of carbonyl (C=O) groups excluding carboxylic acids is 2. The van der Waals surface area contributed by atoms with E-state index in [1.54, 1.807) is 32.3 Å². The molecule has 222 valence electrons. The van der Waals surface area contributed by atoms with Crippen molar-refractivity contribution in [3.63, 3.8) is 0 Å². The number of amidine groups is 1. The lowest BCUT2D eigenvalue weighted by molar-refractivity contribution is -0.139. The minimum Gasteiger partial charge on any atom is -0.463 e. The molecular formula is C28H28ClF2N5O5S. The number of hydrogen-bond acceptors (Lipinski definition) is 11. The van der Waals surface area contributed by atoms with Crippen LogP contribution in [0.15, 0.2) is 44.4 Å². The number of aliphatic imine (C=N–C) groups is 1. The van der Waals surface area contributed by atoms with Crippen LogP contribution in [0.4, 0.5) is 14.8 Å². The molecule has 4 heterocycles. The molecule has 2 aliphatic rings. The lowest BCUT2D eigenvalue weighted by Crippen LogP contribution is -2.41. The van der Waals surface area contributed by atoms with E-state index in [1.165, 1.54) is 17.4 Å². The summed E-state index contributed by atoms with van der Waals surface area (Å²) in [7, 11) is 0. The van der Waals surface area contributed by atoms with Gasteiger partial charge in [0.25, 0.3) is 6.01 Å². The molecule has 0 spiro atoms. The first-order valence-electron chi connectivity index (χ1n) is 13.4. The molecule has 1 atom stereocenters. The largest absolute Gasteiger partial charge is 0.463 e. The van der Waals surface area contributed by atoms with Gasteiger partial charge in [0.05, 0.1) is 29.5 Å². The van der Waals surface area contributed by atoms with E-state index in [0.717, 1.165) is 6.07 Å². The zero-order valence-electron chi connectivity index (χ0n) is 23.1. The Kier molecular flexibility index (Phi) is 8.88. The number of halogens is 3. The molecule has 1 saturated heterocycles. The number of anilines is 1. The predicted molar refractivity (Wildman–Crippen MR) is 152 cm³/mol. The van der Waals surface area contributed by atoms with Crippen LogP contribution in [0.5, 0.6) is 0 Å². The van der Waals surface area contributed by atoms with E-state index >= 15 is 0 Å². The Labute approximate surface area is 249 Å². The molecule has 0 amide bonds. The van der Waals surface area contributed by atoms with Crippen LogP contribution in [0.1, 0.15) is 59.6 Å². The monoisotopic (exact) mass is 619 g/mol. The smallest absolute Gasteiger partial charge is 0.376 e. The Balaban J connectivity index is 1.50. The third-order valence-corrected chi connectivity index (χ3v) is 8.15. The predicted octanol–water partition coefficient (Wildman–Crippen LogP) is 5.37. The number of nitrogens with zero attached hydrogens (tertiary/aromatic N) is 4. The second kappa shape index (κ2) is 12.6. The van der Waals surface area contributed by atoms with E-state index in [-0.39, 0.29) is 36.0 Å². The molecule has 1 unspecified atom stereocenters. The van der Waals surface area contributed by atoms with Crippen molar-refractivity contribution in [3.8, 4) is 0 Å². The Bertz CT molecular complexity index is 1550. The maximum Gasteiger partial charge on any atom is 0.376 e. The minimum absolute atomic E-state index is 0.0609. The van der Waals surface area contributed by atoms with Crippen molar-refractivity contribution in [2.75, 3.05) is 31.2 Å². The number of aryl methyl sites for hydroxylation is 1. The molecule has 0 saturated carbocycles. The van der Waals surface area contributed by atoms with Crippen LogP contribution < -0.4 is 10.2 Å². The first kappa shape index (κ1) is 29.6. The molecule has 14 heteroatoms. The van der Waals surface area contributed by atoms with Gasteiger partial charge in [-0.15, -0.1) is 11.3 Å². The standard InChI is InChI=1S/C28H28ClF2N5O5S/c1-4-39-26(37)18-21(15-8-11-36(12-9-15)28-33-14(3)23(41-28)27(38)40-5-2)34-24(25-32-10-13-42-25)35-22(18)16-6-7-17(30)20(31)19(16)29/h6-7,10,13,15,22H,4-5,8-9,11-12H2,1-3H3,(H,34,35). The summed E-state index contributed by atoms with van der Waals surface area (Å²) >= 11 is 7.61. The maximum absolute atomic E-state index is 14.6. The number of esters is 2. The molecule has 10 nitrogen and oxygen atoms in total. The molecule has 3 aromatic rings. The van der Waals surface area contributed by atoms with Crippen LogP contribution in [0.3, 0.4) is 0 Å². The van der Waals surface area contributed by atoms with Crippen LogP contribution in [0.25, 0.3) is 0 Å². The summed E-state index contributed by atoms with van der Waals surface area (Å²) in [6.07, 6.45) is 2.74. The van der Waals surface area contributed by atoms with Gasteiger partial charge in [0.15, 0.2) is 22.5 Å². The summed E-state index contributed by atoms with van der Waals surface area (Å²) in [6.45, 7) is 6.37. The van der Waals surface area contributed by atoms with Gasteiger partial charge < -0.3 is 24.1 Å². The average molecular weight is 620 g/mol. The molecule has 0 bridgehead atoms. The number of nitrogens with one attached hydrogen (secondary N) is 1. The van der Waals surface area contributed by atoms with Gasteiger partial charge in [-0.25, -0.2) is 23.4 Å². The van der Waals surface area contributed by atoms with Crippen molar-refractivity contribution in [2.24, 2.45) is 10.9 Å². The number of rotatable bonds is 8. The van der Waals surface area contributed by atoms with Crippen molar-refractivity contribution in [1.29, 1.82) is 0 Å². The van der Waals surface area contributed by atoms with E-state index in [9.17, 15) is 18.4 Å². The van der Waals surface area contributed by atoms with Gasteiger partial charge in [0, 0.05) is 41.8 Å². The highest BCUT2D eigenvalue weighted by atomic mass is 35.5. The molecular weight excluding hydrogens is 592 g/mol. The average Bonchev–Trinajstić information content (AvgIpc) is 3.66. The van der Waals surface area contributed by atoms with Gasteiger partial charge in [-0.2, -0.15) is 4.98 Å². The highest BCUT2D eigenvalue weighted by Gasteiger charge is 2.38. The van der Waals surface area contributed by atoms with E-state index < -0.39 is 34.6 Å². The van der Waals surface area contributed by atoms with E-state index in [0.29, 0.717) is 54.2 Å². The zero-order chi connectivity index (χ0) is 30.0. The van der Waals surface area contributed by atoms with Crippen molar-refractivity contribution in [2.45, 2.75) is 39.7 Å². The van der Waals surface area contributed by atoms with E-state index in [2.05, 4.69) is 15.3 Å². The number of thiazole rings is 1. The first-order chi connectivity index (χ1) is 20.2. The third kappa shape index (κ3) is 5.75. The summed E-state index contributed by atoms with van der Waals surface area (Å²) in [5.74, 6) is -3.29. The number of oxazole rings is 1. The summed E-state index contributed by atoms with van der Waals surface area (Å²) in [6, 6.07) is 1.52. The van der Waals surface area contributed by atoms with Crippen molar-refractivity contribution < 1.29 is 32.3 Å². The first-order valence-corrected chi connectivity index (χ1v) is 14.7. The van der Waals surface area contributed by atoms with Gasteiger partial charge >= 0.3 is 11.9 Å². The van der Waals surface area contributed by atoms with Crippen molar-refractivity contribution in [1.82, 2.24) is 15.3 Å². The van der Waals surface area contributed by atoms with Gasteiger partial charge in [-0.1, -0.05) is 17.7 Å². The molecule has 5 rings (SSSR count). The number of allylic oxidation sites excluding steroid dienone is 1. The number of ether oxygens (including phenoxy) is 2. The summed E-state index contributed by atoms with van der Waals surface area (Å²) in [5.41, 5.74) is 1.28. The molecule has 42 heavy (non-hydrogen) atoms. The maximum atomic E-state index is 14.6. The third-order valence-electron chi connectivity index (χ3n) is 6.98. The Morgan fingerprint density at radius 2 is 1.88 bits per heavy atom. The van der Waals surface area contributed by atoms with Crippen molar-refractivity contribution in [3.05, 3.63) is 73.7 Å². The molecule has 0 radical (unpaired) electrons. The number of carbonyl (C=O) groups is 2. The summed E-state index contributed by atoms with van der Waals surface area (Å²) in [5, 5.41) is 5.18. The Morgan fingerprint density at radius 1 is 1.17 bits per heavy atom. The van der Waals surface area contributed by atoms with Crippen LogP contribution in [0.2, 0.25) is 5.02 Å². The lowest BCUT2D eigenvalue weighted by Gasteiger charge is -2.36. The summed E-state index contributed by atoms with van der Waals surface area (Å²) < 4.78 is 44.8. The lowest BCUT2D eigenvalue weighted by atomic mass is 9.85. The topological polar surface area (TPSA) is 119 Å². The number of aromatic nitrogens is 2. The highest BCUT2D eigenvalue weighted by Crippen LogP contribution is 2.41. The minimum atomic E-state index is -1.22.